The predicted molar refractivity (Wildman–Crippen MR) is 154 cm³/mol. The van der Waals surface area contributed by atoms with Crippen LogP contribution >= 0.6 is 0 Å². The van der Waals surface area contributed by atoms with Crippen molar-refractivity contribution < 1.29 is 23.8 Å². The normalized spacial score (nSPS) is 14.1. The zero-order valence-corrected chi connectivity index (χ0v) is 25.4. The Morgan fingerprint density at radius 1 is 0.976 bits per heavy atom. The molecule has 0 radical (unpaired) electrons. The first-order valence-corrected chi connectivity index (χ1v) is 13.8. The molecule has 0 aliphatic carbocycles. The zero-order chi connectivity index (χ0) is 30.5. The molecule has 1 fully saturated rings. The fraction of sp³-hybridized carbons (Fsp3) is 0.679. The van der Waals surface area contributed by atoms with Crippen molar-refractivity contribution in [2.75, 3.05) is 44.3 Å². The number of nitrogens with zero attached hydrogens (tertiary/aromatic N) is 6. The molecule has 0 unspecified atom stereocenters. The molecular weight excluding hydrogens is 532 g/mol. The SMILES string of the molecule is CC#CCn1c(N2CCN(C(=O)OC(C)(C)C)CC2)nc2c1c(=O)n(COC(=O)C(C)(C)C)c(=O)n2CCOCC. The fourth-order valence-electron chi connectivity index (χ4n) is 4.20. The summed E-state index contributed by atoms with van der Waals surface area (Å²) in [4.78, 5) is 60.7. The molecule has 2 aromatic heterocycles. The first kappa shape index (κ1) is 31.7. The number of fused-ring (bicyclic) bond motifs is 1. The van der Waals surface area contributed by atoms with E-state index in [9.17, 15) is 19.2 Å². The van der Waals surface area contributed by atoms with Crippen molar-refractivity contribution in [3.05, 3.63) is 20.8 Å². The van der Waals surface area contributed by atoms with E-state index in [1.807, 2.05) is 32.6 Å². The number of hydrogen-bond donors (Lipinski definition) is 0. The van der Waals surface area contributed by atoms with Gasteiger partial charge >= 0.3 is 17.8 Å². The molecule has 0 saturated carbocycles. The van der Waals surface area contributed by atoms with Gasteiger partial charge in [-0.3, -0.25) is 18.7 Å². The summed E-state index contributed by atoms with van der Waals surface area (Å²) < 4.78 is 20.3. The van der Waals surface area contributed by atoms with Crippen LogP contribution in [-0.2, 0) is 38.8 Å². The maximum Gasteiger partial charge on any atom is 0.410 e. The second kappa shape index (κ2) is 12.8. The highest BCUT2D eigenvalue weighted by Gasteiger charge is 2.30. The van der Waals surface area contributed by atoms with Crippen molar-refractivity contribution in [1.29, 1.82) is 0 Å². The van der Waals surface area contributed by atoms with Gasteiger partial charge < -0.3 is 24.0 Å². The minimum atomic E-state index is -0.811. The van der Waals surface area contributed by atoms with E-state index in [2.05, 4.69) is 11.8 Å². The summed E-state index contributed by atoms with van der Waals surface area (Å²) in [6.45, 7) is 16.1. The molecule has 13 heteroatoms. The first-order valence-electron chi connectivity index (χ1n) is 13.8. The molecule has 13 nitrogen and oxygen atoms in total. The van der Waals surface area contributed by atoms with Crippen LogP contribution in [0.25, 0.3) is 11.2 Å². The van der Waals surface area contributed by atoms with Crippen LogP contribution in [0, 0.1) is 17.3 Å². The van der Waals surface area contributed by atoms with Crippen LogP contribution in [0.4, 0.5) is 10.7 Å². The molecule has 41 heavy (non-hydrogen) atoms. The average Bonchev–Trinajstić information content (AvgIpc) is 3.27. The highest BCUT2D eigenvalue weighted by molar-refractivity contribution is 5.76. The van der Waals surface area contributed by atoms with Crippen molar-refractivity contribution >= 4 is 29.2 Å². The van der Waals surface area contributed by atoms with E-state index in [4.69, 9.17) is 19.2 Å². The number of piperazine rings is 1. The number of anilines is 1. The summed E-state index contributed by atoms with van der Waals surface area (Å²) in [5.41, 5.74) is -2.34. The first-order chi connectivity index (χ1) is 19.2. The molecule has 2 aromatic rings. The number of aromatic nitrogens is 4. The Morgan fingerprint density at radius 3 is 2.20 bits per heavy atom. The molecule has 1 aliphatic rings. The Labute approximate surface area is 240 Å². The van der Waals surface area contributed by atoms with Crippen molar-refractivity contribution in [3.63, 3.8) is 0 Å². The van der Waals surface area contributed by atoms with Gasteiger partial charge in [0.15, 0.2) is 17.9 Å². The summed E-state index contributed by atoms with van der Waals surface area (Å²) in [6, 6.07) is 0. The molecule has 0 aromatic carbocycles. The van der Waals surface area contributed by atoms with Gasteiger partial charge in [-0.15, -0.1) is 5.92 Å². The summed E-state index contributed by atoms with van der Waals surface area (Å²) in [5.74, 6) is 5.76. The highest BCUT2D eigenvalue weighted by atomic mass is 16.6. The van der Waals surface area contributed by atoms with Crippen LogP contribution in [0.1, 0.15) is 55.4 Å². The van der Waals surface area contributed by atoms with Crippen molar-refractivity contribution in [3.8, 4) is 11.8 Å². The third-order valence-corrected chi connectivity index (χ3v) is 6.32. The zero-order valence-electron chi connectivity index (χ0n) is 25.4. The van der Waals surface area contributed by atoms with E-state index >= 15 is 0 Å². The molecule has 0 atom stereocenters. The lowest BCUT2D eigenvalue weighted by molar-refractivity contribution is -0.157. The number of carbonyl (C=O) groups is 2. The van der Waals surface area contributed by atoms with Gasteiger partial charge in [0.05, 0.1) is 25.1 Å². The van der Waals surface area contributed by atoms with E-state index in [1.165, 1.54) is 4.57 Å². The lowest BCUT2D eigenvalue weighted by atomic mass is 9.98. The smallest absolute Gasteiger partial charge is 0.410 e. The largest absolute Gasteiger partial charge is 0.444 e. The number of esters is 1. The van der Waals surface area contributed by atoms with Crippen LogP contribution < -0.4 is 16.1 Å². The molecular formula is C28H42N6O7. The number of ether oxygens (including phenoxy) is 3. The molecule has 0 N–H and O–H groups in total. The van der Waals surface area contributed by atoms with Gasteiger partial charge in [0.1, 0.15) is 5.60 Å². The van der Waals surface area contributed by atoms with Gasteiger partial charge in [0.2, 0.25) is 5.95 Å². The molecule has 0 spiro atoms. The molecule has 226 valence electrons. The average molecular weight is 575 g/mol. The van der Waals surface area contributed by atoms with Gasteiger partial charge in [-0.25, -0.2) is 14.2 Å². The van der Waals surface area contributed by atoms with Gasteiger partial charge in [0.25, 0.3) is 5.56 Å². The molecule has 1 saturated heterocycles. The summed E-state index contributed by atoms with van der Waals surface area (Å²) in [6.07, 6.45) is -0.389. The summed E-state index contributed by atoms with van der Waals surface area (Å²) >= 11 is 0. The van der Waals surface area contributed by atoms with Gasteiger partial charge in [0, 0.05) is 32.8 Å². The van der Waals surface area contributed by atoms with E-state index in [1.54, 1.807) is 37.2 Å². The maximum absolute atomic E-state index is 13.8. The van der Waals surface area contributed by atoms with E-state index in [-0.39, 0.29) is 37.0 Å². The summed E-state index contributed by atoms with van der Waals surface area (Å²) in [5, 5.41) is 0. The number of carbonyl (C=O) groups excluding carboxylic acids is 2. The maximum atomic E-state index is 13.8. The molecule has 3 heterocycles. The van der Waals surface area contributed by atoms with Gasteiger partial charge in [-0.05, 0) is 55.4 Å². The van der Waals surface area contributed by atoms with Crippen molar-refractivity contribution in [2.24, 2.45) is 5.41 Å². The summed E-state index contributed by atoms with van der Waals surface area (Å²) in [7, 11) is 0. The Bertz CT molecular complexity index is 1440. The number of amides is 1. The molecule has 1 aliphatic heterocycles. The van der Waals surface area contributed by atoms with Crippen LogP contribution in [0.15, 0.2) is 9.59 Å². The quantitative estimate of drug-likeness (QED) is 0.264. The minimum absolute atomic E-state index is 0.138. The van der Waals surface area contributed by atoms with Crippen LogP contribution in [0.5, 0.6) is 0 Å². The second-order valence-electron chi connectivity index (χ2n) is 11.7. The highest BCUT2D eigenvalue weighted by Crippen LogP contribution is 2.22. The Morgan fingerprint density at radius 2 is 1.63 bits per heavy atom. The third kappa shape index (κ3) is 7.49. The number of imidazole rings is 1. The van der Waals surface area contributed by atoms with Gasteiger partial charge in [-0.2, -0.15) is 4.98 Å². The van der Waals surface area contributed by atoms with Crippen LogP contribution in [-0.4, -0.2) is 80.6 Å². The fourth-order valence-corrected chi connectivity index (χ4v) is 4.20. The van der Waals surface area contributed by atoms with E-state index in [0.29, 0.717) is 38.7 Å². The molecule has 0 bridgehead atoms. The van der Waals surface area contributed by atoms with E-state index in [0.717, 1.165) is 4.57 Å². The Kier molecular flexibility index (Phi) is 9.91. The number of rotatable bonds is 8. The third-order valence-electron chi connectivity index (χ3n) is 6.32. The van der Waals surface area contributed by atoms with E-state index < -0.39 is 35.0 Å². The lowest BCUT2D eigenvalue weighted by Gasteiger charge is -2.36. The molecule has 1 amide bonds. The van der Waals surface area contributed by atoms with Gasteiger partial charge in [-0.1, -0.05) is 5.92 Å². The van der Waals surface area contributed by atoms with Crippen LogP contribution in [0.3, 0.4) is 0 Å². The number of hydrogen-bond acceptors (Lipinski definition) is 9. The lowest BCUT2D eigenvalue weighted by Crippen LogP contribution is -2.50. The van der Waals surface area contributed by atoms with Crippen molar-refractivity contribution in [1.82, 2.24) is 23.6 Å². The second-order valence-corrected chi connectivity index (χ2v) is 11.7. The monoisotopic (exact) mass is 574 g/mol. The minimum Gasteiger partial charge on any atom is -0.444 e. The molecule has 3 rings (SSSR count). The predicted octanol–water partition coefficient (Wildman–Crippen LogP) is 2.02. The van der Waals surface area contributed by atoms with Crippen LogP contribution in [0.2, 0.25) is 0 Å². The topological polar surface area (TPSA) is 130 Å². The Hall–Kier alpha value is -3.79. The van der Waals surface area contributed by atoms with Crippen molar-refractivity contribution in [2.45, 2.75) is 80.8 Å². The standard InChI is InChI=1S/C28H42N6O7/c1-9-11-12-32-20-21(29-24(32)30-13-15-31(16-14-30)26(38)41-28(6,7)8)33(17-18-39-10-2)25(37)34(22(20)35)19-40-23(36)27(3,4)5/h10,12-19H2,1-8H3. The Balaban J connectivity index is 2.09.